The Labute approximate surface area is 138 Å². The molecule has 0 bridgehead atoms. The van der Waals surface area contributed by atoms with E-state index in [2.05, 4.69) is 25.7 Å². The molecule has 0 radical (unpaired) electrons. The summed E-state index contributed by atoms with van der Waals surface area (Å²) >= 11 is 0. The average Bonchev–Trinajstić information content (AvgIpc) is 3.14. The van der Waals surface area contributed by atoms with Crippen molar-refractivity contribution in [2.45, 2.75) is 13.5 Å². The number of carbonyl (C=O) groups excluding carboxylic acids is 1. The van der Waals surface area contributed by atoms with E-state index in [1.165, 1.54) is 0 Å². The van der Waals surface area contributed by atoms with E-state index in [0.29, 0.717) is 29.4 Å². The highest BCUT2D eigenvalue weighted by atomic mass is 16.2. The van der Waals surface area contributed by atoms with Gasteiger partial charge in [-0.15, -0.1) is 0 Å². The minimum atomic E-state index is -0.155. The molecule has 2 aromatic heterocycles. The molecular formula is C17H16N6O. The number of nitrogens with zero attached hydrogens (tertiary/aromatic N) is 4. The summed E-state index contributed by atoms with van der Waals surface area (Å²) in [6.07, 6.45) is 3.56. The number of amides is 1. The lowest BCUT2D eigenvalue weighted by molar-refractivity contribution is 0.0966. The van der Waals surface area contributed by atoms with Crippen LogP contribution in [0.5, 0.6) is 0 Å². The first-order chi connectivity index (χ1) is 11.6. The highest BCUT2D eigenvalue weighted by Crippen LogP contribution is 2.28. The van der Waals surface area contributed by atoms with Crippen molar-refractivity contribution in [1.29, 1.82) is 0 Å². The molecule has 0 saturated heterocycles. The fraction of sp³-hybridized carbons (Fsp3) is 0.176. The van der Waals surface area contributed by atoms with E-state index in [-0.39, 0.29) is 5.91 Å². The summed E-state index contributed by atoms with van der Waals surface area (Å²) < 4.78 is 1.70. The van der Waals surface area contributed by atoms with Gasteiger partial charge in [0, 0.05) is 18.9 Å². The van der Waals surface area contributed by atoms with E-state index in [1.807, 2.05) is 44.4 Å². The number of aromatic nitrogens is 4. The molecule has 1 aliphatic rings. The molecular weight excluding hydrogens is 304 g/mol. The number of hydrogen-bond donors (Lipinski definition) is 2. The van der Waals surface area contributed by atoms with Gasteiger partial charge in [0.05, 0.1) is 24.0 Å². The van der Waals surface area contributed by atoms with Crippen molar-refractivity contribution in [2.24, 2.45) is 7.05 Å². The molecule has 1 amide bonds. The maximum Gasteiger partial charge on any atom is 0.257 e. The molecule has 3 heterocycles. The predicted octanol–water partition coefficient (Wildman–Crippen LogP) is 2.17. The third-order valence-corrected chi connectivity index (χ3v) is 3.87. The first-order valence-corrected chi connectivity index (χ1v) is 7.62. The van der Waals surface area contributed by atoms with E-state index in [1.54, 1.807) is 10.9 Å². The Balaban J connectivity index is 1.82. The van der Waals surface area contributed by atoms with Crippen LogP contribution in [-0.2, 0) is 13.6 Å². The zero-order valence-electron chi connectivity index (χ0n) is 13.4. The third kappa shape index (κ3) is 2.50. The van der Waals surface area contributed by atoms with Gasteiger partial charge in [-0.2, -0.15) is 5.10 Å². The van der Waals surface area contributed by atoms with E-state index >= 15 is 0 Å². The number of hydrogen-bond acceptors (Lipinski definition) is 5. The number of carbonyl (C=O) groups is 1. The largest absolute Gasteiger partial charge is 0.346 e. The lowest BCUT2D eigenvalue weighted by atomic mass is 10.2. The molecule has 7 nitrogen and oxygen atoms in total. The summed E-state index contributed by atoms with van der Waals surface area (Å²) in [4.78, 5) is 21.2. The predicted molar refractivity (Wildman–Crippen MR) is 89.9 cm³/mol. The summed E-state index contributed by atoms with van der Waals surface area (Å²) in [6, 6.07) is 7.92. The Bertz CT molecular complexity index is 946. The van der Waals surface area contributed by atoms with E-state index in [0.717, 1.165) is 16.8 Å². The Morgan fingerprint density at radius 1 is 1.29 bits per heavy atom. The zero-order valence-corrected chi connectivity index (χ0v) is 13.4. The maximum absolute atomic E-state index is 12.1. The van der Waals surface area contributed by atoms with Gasteiger partial charge in [-0.25, -0.2) is 9.97 Å². The number of benzene rings is 1. The van der Waals surface area contributed by atoms with Crippen molar-refractivity contribution in [2.75, 3.05) is 5.32 Å². The molecule has 1 aromatic carbocycles. The summed E-state index contributed by atoms with van der Waals surface area (Å²) in [7, 11) is 1.84. The Morgan fingerprint density at radius 2 is 2.17 bits per heavy atom. The van der Waals surface area contributed by atoms with Crippen LogP contribution in [0.3, 0.4) is 0 Å². The van der Waals surface area contributed by atoms with Crippen molar-refractivity contribution in [3.63, 3.8) is 0 Å². The SMILES string of the molecule is Cc1cccc(Nc2nc(-c3cnn(C)c3)nc3c2C(=O)NC3)c1. The normalized spacial score (nSPS) is 12.8. The lowest BCUT2D eigenvalue weighted by Crippen LogP contribution is -2.14. The van der Waals surface area contributed by atoms with Gasteiger partial charge in [0.1, 0.15) is 11.4 Å². The molecule has 120 valence electrons. The molecule has 2 N–H and O–H groups in total. The van der Waals surface area contributed by atoms with Gasteiger partial charge in [0.15, 0.2) is 5.82 Å². The summed E-state index contributed by atoms with van der Waals surface area (Å²) in [6.45, 7) is 2.43. The van der Waals surface area contributed by atoms with Crippen LogP contribution in [-0.4, -0.2) is 25.7 Å². The monoisotopic (exact) mass is 320 g/mol. The van der Waals surface area contributed by atoms with Crippen LogP contribution in [0.2, 0.25) is 0 Å². The average molecular weight is 320 g/mol. The van der Waals surface area contributed by atoms with Gasteiger partial charge in [-0.05, 0) is 24.6 Å². The molecule has 1 aliphatic heterocycles. The van der Waals surface area contributed by atoms with Crippen LogP contribution in [0, 0.1) is 6.92 Å². The van der Waals surface area contributed by atoms with Crippen LogP contribution in [0.15, 0.2) is 36.7 Å². The number of nitrogens with one attached hydrogen (secondary N) is 2. The van der Waals surface area contributed by atoms with Crippen LogP contribution >= 0.6 is 0 Å². The maximum atomic E-state index is 12.1. The fourth-order valence-electron chi connectivity index (χ4n) is 2.74. The second kappa shape index (κ2) is 5.45. The Hall–Kier alpha value is -3.22. The Kier molecular flexibility index (Phi) is 3.26. The number of fused-ring (bicyclic) bond motifs is 1. The fourth-order valence-corrected chi connectivity index (χ4v) is 2.74. The van der Waals surface area contributed by atoms with Crippen molar-refractivity contribution in [1.82, 2.24) is 25.1 Å². The van der Waals surface area contributed by atoms with Crippen molar-refractivity contribution in [3.8, 4) is 11.4 Å². The standard InChI is InChI=1S/C17H16N6O/c1-10-4-3-5-12(6-10)20-16-14-13(8-18-17(14)24)21-15(22-16)11-7-19-23(2)9-11/h3-7,9H,8H2,1-2H3,(H,18,24)(H,20,21,22). The molecule has 0 spiro atoms. The third-order valence-electron chi connectivity index (χ3n) is 3.87. The summed E-state index contributed by atoms with van der Waals surface area (Å²) in [5, 5.41) is 10.2. The first-order valence-electron chi connectivity index (χ1n) is 7.62. The molecule has 4 rings (SSSR count). The van der Waals surface area contributed by atoms with Gasteiger partial charge in [-0.1, -0.05) is 12.1 Å². The minimum absolute atomic E-state index is 0.155. The number of rotatable bonds is 3. The summed E-state index contributed by atoms with van der Waals surface area (Å²) in [5.41, 5.74) is 4.02. The van der Waals surface area contributed by atoms with Gasteiger partial charge < -0.3 is 10.6 Å². The molecule has 0 atom stereocenters. The highest BCUT2D eigenvalue weighted by Gasteiger charge is 2.27. The molecule has 0 fully saturated rings. The van der Waals surface area contributed by atoms with E-state index in [9.17, 15) is 4.79 Å². The molecule has 0 unspecified atom stereocenters. The minimum Gasteiger partial charge on any atom is -0.346 e. The van der Waals surface area contributed by atoms with Gasteiger partial charge in [0.25, 0.3) is 5.91 Å². The zero-order chi connectivity index (χ0) is 16.7. The molecule has 0 saturated carbocycles. The molecule has 3 aromatic rings. The van der Waals surface area contributed by atoms with Crippen LogP contribution in [0.1, 0.15) is 21.6 Å². The molecule has 7 heteroatoms. The van der Waals surface area contributed by atoms with Crippen LogP contribution < -0.4 is 10.6 Å². The van der Waals surface area contributed by atoms with E-state index < -0.39 is 0 Å². The van der Waals surface area contributed by atoms with E-state index in [4.69, 9.17) is 0 Å². The topological polar surface area (TPSA) is 84.7 Å². The quantitative estimate of drug-likeness (QED) is 0.772. The van der Waals surface area contributed by atoms with Gasteiger partial charge in [-0.3, -0.25) is 9.48 Å². The van der Waals surface area contributed by atoms with Crippen LogP contribution in [0.25, 0.3) is 11.4 Å². The second-order valence-corrected chi connectivity index (χ2v) is 5.80. The molecule has 0 aliphatic carbocycles. The first kappa shape index (κ1) is 14.4. The van der Waals surface area contributed by atoms with Crippen molar-refractivity contribution >= 4 is 17.4 Å². The number of anilines is 2. The van der Waals surface area contributed by atoms with Crippen molar-refractivity contribution in [3.05, 3.63) is 53.5 Å². The number of aryl methyl sites for hydroxylation is 2. The van der Waals surface area contributed by atoms with Crippen molar-refractivity contribution < 1.29 is 4.79 Å². The highest BCUT2D eigenvalue weighted by molar-refractivity contribution is 6.03. The lowest BCUT2D eigenvalue weighted by Gasteiger charge is -2.11. The van der Waals surface area contributed by atoms with Gasteiger partial charge in [0.2, 0.25) is 0 Å². The molecule has 24 heavy (non-hydrogen) atoms. The smallest absolute Gasteiger partial charge is 0.257 e. The van der Waals surface area contributed by atoms with Gasteiger partial charge >= 0.3 is 0 Å². The second-order valence-electron chi connectivity index (χ2n) is 5.80. The van der Waals surface area contributed by atoms with Crippen LogP contribution in [0.4, 0.5) is 11.5 Å². The summed E-state index contributed by atoms with van der Waals surface area (Å²) in [5.74, 6) is 0.908. The Morgan fingerprint density at radius 3 is 2.92 bits per heavy atom.